The first kappa shape index (κ1) is 18.0. The van der Waals surface area contributed by atoms with Crippen LogP contribution in [0, 0.1) is 0 Å². The maximum atomic E-state index is 13.3. The number of hydrogen-bond acceptors (Lipinski definition) is 2. The van der Waals surface area contributed by atoms with Gasteiger partial charge in [0.2, 0.25) is 0 Å². The van der Waals surface area contributed by atoms with Crippen LogP contribution in [0.4, 0.5) is 26.3 Å². The first-order chi connectivity index (χ1) is 12.1. The fourth-order valence-electron chi connectivity index (χ4n) is 2.65. The summed E-state index contributed by atoms with van der Waals surface area (Å²) in [5.41, 5.74) is -3.06. The predicted molar refractivity (Wildman–Crippen MR) is 83.7 cm³/mol. The Labute approximate surface area is 144 Å². The molecule has 136 valence electrons. The van der Waals surface area contributed by atoms with E-state index in [1.54, 1.807) is 12.1 Å². The molecule has 0 spiro atoms. The molecule has 2 nitrogen and oxygen atoms in total. The van der Waals surface area contributed by atoms with Crippen molar-refractivity contribution >= 4 is 10.9 Å². The van der Waals surface area contributed by atoms with Gasteiger partial charge in [-0.2, -0.15) is 26.3 Å². The van der Waals surface area contributed by atoms with E-state index in [1.807, 2.05) is 0 Å². The number of aromatic nitrogens is 1. The highest BCUT2D eigenvalue weighted by atomic mass is 19.4. The Morgan fingerprint density at radius 2 is 1.54 bits per heavy atom. The molecule has 0 amide bonds. The number of benzene rings is 2. The standard InChI is InChI=1S/C18H11F6NO/c1-26-11-5-2-4-10(8-11)13-9-15(18(22,23)24)25-16-12(13)6-3-7-14(16)17(19,20)21/h2-9H,1H3. The number of rotatable bonds is 2. The number of pyridine rings is 1. The summed E-state index contributed by atoms with van der Waals surface area (Å²) in [5.74, 6) is 0.369. The number of alkyl halides is 6. The summed E-state index contributed by atoms with van der Waals surface area (Å²) in [6, 6.07) is 9.99. The molecule has 1 aromatic heterocycles. The fourth-order valence-corrected chi connectivity index (χ4v) is 2.65. The summed E-state index contributed by atoms with van der Waals surface area (Å²) in [7, 11) is 1.38. The zero-order valence-electron chi connectivity index (χ0n) is 13.2. The van der Waals surface area contributed by atoms with Crippen molar-refractivity contribution < 1.29 is 31.1 Å². The van der Waals surface area contributed by atoms with Crippen molar-refractivity contribution in [1.82, 2.24) is 4.98 Å². The minimum Gasteiger partial charge on any atom is -0.497 e. The van der Waals surface area contributed by atoms with Gasteiger partial charge in [-0.1, -0.05) is 24.3 Å². The predicted octanol–water partition coefficient (Wildman–Crippen LogP) is 5.95. The van der Waals surface area contributed by atoms with Gasteiger partial charge in [0.25, 0.3) is 0 Å². The number of methoxy groups -OCH3 is 1. The van der Waals surface area contributed by atoms with E-state index in [0.717, 1.165) is 12.1 Å². The molecule has 2 aromatic carbocycles. The van der Waals surface area contributed by atoms with Gasteiger partial charge in [-0.15, -0.1) is 0 Å². The van der Waals surface area contributed by atoms with Crippen molar-refractivity contribution in [3.63, 3.8) is 0 Å². The molecule has 0 atom stereocenters. The number of para-hydroxylation sites is 1. The Morgan fingerprint density at radius 3 is 2.15 bits per heavy atom. The van der Waals surface area contributed by atoms with Crippen molar-refractivity contribution in [2.45, 2.75) is 12.4 Å². The van der Waals surface area contributed by atoms with E-state index in [-0.39, 0.29) is 10.9 Å². The topological polar surface area (TPSA) is 22.1 Å². The maximum absolute atomic E-state index is 13.3. The fraction of sp³-hybridized carbons (Fsp3) is 0.167. The van der Waals surface area contributed by atoms with Gasteiger partial charge >= 0.3 is 12.4 Å². The molecule has 0 bridgehead atoms. The summed E-state index contributed by atoms with van der Waals surface area (Å²) in [5, 5.41) is -0.0268. The zero-order valence-corrected chi connectivity index (χ0v) is 13.2. The van der Waals surface area contributed by atoms with Crippen LogP contribution in [0.15, 0.2) is 48.5 Å². The first-order valence-electron chi connectivity index (χ1n) is 7.34. The lowest BCUT2D eigenvalue weighted by Crippen LogP contribution is -2.12. The number of halogens is 6. The van der Waals surface area contributed by atoms with Gasteiger partial charge in [-0.25, -0.2) is 4.98 Å². The van der Waals surface area contributed by atoms with Crippen molar-refractivity contribution in [3.8, 4) is 16.9 Å². The van der Waals surface area contributed by atoms with Gasteiger partial charge < -0.3 is 4.74 Å². The zero-order chi connectivity index (χ0) is 19.1. The summed E-state index contributed by atoms with van der Waals surface area (Å²) >= 11 is 0. The average molecular weight is 371 g/mol. The molecule has 3 aromatic rings. The Morgan fingerprint density at radius 1 is 0.846 bits per heavy atom. The van der Waals surface area contributed by atoms with Gasteiger partial charge in [0.1, 0.15) is 11.4 Å². The third kappa shape index (κ3) is 3.31. The SMILES string of the molecule is COc1cccc(-c2cc(C(F)(F)F)nc3c(C(F)(F)F)cccc23)c1. The molecule has 0 N–H and O–H groups in total. The Kier molecular flexibility index (Phi) is 4.29. The molecule has 0 radical (unpaired) electrons. The molecule has 26 heavy (non-hydrogen) atoms. The molecule has 0 saturated heterocycles. The molecule has 0 fully saturated rings. The quantitative estimate of drug-likeness (QED) is 0.520. The van der Waals surface area contributed by atoms with Crippen molar-refractivity contribution in [1.29, 1.82) is 0 Å². The number of fused-ring (bicyclic) bond motifs is 1. The van der Waals surface area contributed by atoms with Gasteiger partial charge in [-0.05, 0) is 35.4 Å². The van der Waals surface area contributed by atoms with Crippen LogP contribution in [0.1, 0.15) is 11.3 Å². The molecule has 0 aliphatic carbocycles. The van der Waals surface area contributed by atoms with Crippen LogP contribution in [0.5, 0.6) is 5.75 Å². The lowest BCUT2D eigenvalue weighted by atomic mass is 9.97. The molecular weight excluding hydrogens is 360 g/mol. The molecule has 0 aliphatic heterocycles. The van der Waals surface area contributed by atoms with E-state index in [1.165, 1.54) is 25.3 Å². The second-order valence-electron chi connectivity index (χ2n) is 5.48. The van der Waals surface area contributed by atoms with Gasteiger partial charge in [-0.3, -0.25) is 0 Å². The number of nitrogens with zero attached hydrogens (tertiary/aromatic N) is 1. The average Bonchev–Trinajstić information content (AvgIpc) is 2.58. The Bertz CT molecular complexity index is 962. The minimum atomic E-state index is -4.89. The van der Waals surface area contributed by atoms with E-state index < -0.39 is 29.1 Å². The normalized spacial score (nSPS) is 12.4. The summed E-state index contributed by atoms with van der Waals surface area (Å²) in [4.78, 5) is 3.27. The van der Waals surface area contributed by atoms with Crippen molar-refractivity contribution in [3.05, 3.63) is 59.8 Å². The van der Waals surface area contributed by atoms with E-state index in [2.05, 4.69) is 4.98 Å². The van der Waals surface area contributed by atoms with Gasteiger partial charge in [0.15, 0.2) is 0 Å². The third-order valence-electron chi connectivity index (χ3n) is 3.82. The van der Waals surface area contributed by atoms with Crippen LogP contribution in [0.25, 0.3) is 22.0 Å². The molecule has 0 unspecified atom stereocenters. The van der Waals surface area contributed by atoms with Crippen molar-refractivity contribution in [2.75, 3.05) is 7.11 Å². The lowest BCUT2D eigenvalue weighted by molar-refractivity contribution is -0.142. The van der Waals surface area contributed by atoms with Crippen LogP contribution < -0.4 is 4.74 Å². The highest BCUT2D eigenvalue weighted by molar-refractivity contribution is 5.96. The second-order valence-corrected chi connectivity index (χ2v) is 5.48. The molecule has 0 aliphatic rings. The smallest absolute Gasteiger partial charge is 0.433 e. The summed E-state index contributed by atoms with van der Waals surface area (Å²) in [6.07, 6.45) is -9.72. The van der Waals surface area contributed by atoms with E-state index in [9.17, 15) is 26.3 Å². The largest absolute Gasteiger partial charge is 0.497 e. The summed E-state index contributed by atoms with van der Waals surface area (Å²) in [6.45, 7) is 0. The van der Waals surface area contributed by atoms with Crippen LogP contribution in [0.2, 0.25) is 0 Å². The maximum Gasteiger partial charge on any atom is 0.433 e. The van der Waals surface area contributed by atoms with Crippen LogP contribution in [0.3, 0.4) is 0 Å². The Hall–Kier alpha value is -2.77. The van der Waals surface area contributed by atoms with E-state index in [0.29, 0.717) is 17.4 Å². The van der Waals surface area contributed by atoms with E-state index >= 15 is 0 Å². The number of ether oxygens (including phenoxy) is 1. The third-order valence-corrected chi connectivity index (χ3v) is 3.82. The number of hydrogen-bond donors (Lipinski definition) is 0. The van der Waals surface area contributed by atoms with Crippen LogP contribution >= 0.6 is 0 Å². The molecule has 3 rings (SSSR count). The molecule has 8 heteroatoms. The second kappa shape index (κ2) is 6.19. The highest BCUT2D eigenvalue weighted by Crippen LogP contribution is 2.40. The van der Waals surface area contributed by atoms with Crippen LogP contribution in [-0.2, 0) is 12.4 Å². The lowest BCUT2D eigenvalue weighted by Gasteiger charge is -2.16. The van der Waals surface area contributed by atoms with Crippen LogP contribution in [-0.4, -0.2) is 12.1 Å². The highest BCUT2D eigenvalue weighted by Gasteiger charge is 2.37. The van der Waals surface area contributed by atoms with Gasteiger partial charge in [0, 0.05) is 5.39 Å². The first-order valence-corrected chi connectivity index (χ1v) is 7.34. The minimum absolute atomic E-state index is 0.00711. The Balaban J connectivity index is 2.41. The molecular formula is C18H11F6NO. The molecule has 0 saturated carbocycles. The molecule has 1 heterocycles. The monoisotopic (exact) mass is 371 g/mol. The van der Waals surface area contributed by atoms with Gasteiger partial charge in [0.05, 0.1) is 18.2 Å². The summed E-state index contributed by atoms with van der Waals surface area (Å²) < 4.78 is 84.5. The van der Waals surface area contributed by atoms with E-state index in [4.69, 9.17) is 4.74 Å². The van der Waals surface area contributed by atoms with Crippen molar-refractivity contribution in [2.24, 2.45) is 0 Å².